The van der Waals surface area contributed by atoms with Gasteiger partial charge in [0.15, 0.2) is 0 Å². The SMILES string of the molecule is CCOc1ccc(C2=C(C)SC3=NC=NC(=O)C32)cc1. The van der Waals surface area contributed by atoms with Gasteiger partial charge < -0.3 is 4.74 Å². The summed E-state index contributed by atoms with van der Waals surface area (Å²) in [5, 5.41) is 0.825. The second-order valence-electron chi connectivity index (χ2n) is 4.51. The van der Waals surface area contributed by atoms with E-state index in [9.17, 15) is 4.79 Å². The molecule has 1 aromatic rings. The maximum absolute atomic E-state index is 12.0. The second kappa shape index (κ2) is 5.25. The zero-order valence-corrected chi connectivity index (χ0v) is 12.1. The minimum Gasteiger partial charge on any atom is -0.494 e. The molecular formula is C15H14N2O2S. The van der Waals surface area contributed by atoms with Crippen LogP contribution in [0.15, 0.2) is 39.2 Å². The van der Waals surface area contributed by atoms with Crippen molar-refractivity contribution < 1.29 is 9.53 Å². The fraction of sp³-hybridized carbons (Fsp3) is 0.267. The molecule has 0 bridgehead atoms. The highest BCUT2D eigenvalue weighted by Crippen LogP contribution is 2.45. The molecule has 5 heteroatoms. The van der Waals surface area contributed by atoms with Crippen LogP contribution in [0.5, 0.6) is 5.75 Å². The van der Waals surface area contributed by atoms with Crippen molar-refractivity contribution in [2.24, 2.45) is 15.9 Å². The predicted octanol–water partition coefficient (Wildman–Crippen LogP) is 3.15. The number of carbonyl (C=O) groups excluding carboxylic acids is 1. The number of aliphatic imine (C=N–C) groups is 2. The number of nitrogens with zero attached hydrogens (tertiary/aromatic N) is 2. The average Bonchev–Trinajstić information content (AvgIpc) is 2.78. The molecule has 0 aliphatic carbocycles. The van der Waals surface area contributed by atoms with Crippen molar-refractivity contribution in [1.82, 2.24) is 0 Å². The second-order valence-corrected chi connectivity index (χ2v) is 5.75. The number of ether oxygens (including phenoxy) is 1. The summed E-state index contributed by atoms with van der Waals surface area (Å²) in [7, 11) is 0. The number of thioether (sulfide) groups is 1. The van der Waals surface area contributed by atoms with E-state index in [1.807, 2.05) is 38.1 Å². The first-order valence-corrected chi connectivity index (χ1v) is 7.28. The van der Waals surface area contributed by atoms with Crippen molar-refractivity contribution in [2.45, 2.75) is 13.8 Å². The molecule has 0 saturated carbocycles. The minimum absolute atomic E-state index is 0.136. The normalized spacial score (nSPS) is 21.0. The Hall–Kier alpha value is -1.88. The molecule has 1 atom stereocenters. The molecule has 1 amide bonds. The van der Waals surface area contributed by atoms with Gasteiger partial charge in [-0.1, -0.05) is 23.9 Å². The fourth-order valence-corrected chi connectivity index (χ4v) is 3.51. The molecule has 1 unspecified atom stereocenters. The summed E-state index contributed by atoms with van der Waals surface area (Å²) in [6.07, 6.45) is 1.34. The van der Waals surface area contributed by atoms with Gasteiger partial charge in [0.25, 0.3) is 5.91 Å². The van der Waals surface area contributed by atoms with Gasteiger partial charge in [-0.25, -0.2) is 9.98 Å². The van der Waals surface area contributed by atoms with E-state index in [-0.39, 0.29) is 11.8 Å². The standard InChI is InChI=1S/C15H14N2O2S/c1-3-19-11-6-4-10(5-7-11)12-9(2)20-15-13(12)14(18)16-8-17-15/h4-8,13H,3H2,1-2H3. The lowest BCUT2D eigenvalue weighted by Crippen LogP contribution is -2.21. The Bertz CT molecular complexity index is 644. The molecule has 0 spiro atoms. The molecular weight excluding hydrogens is 272 g/mol. The van der Waals surface area contributed by atoms with Crippen molar-refractivity contribution in [3.8, 4) is 5.75 Å². The van der Waals surface area contributed by atoms with Gasteiger partial charge in [0.2, 0.25) is 0 Å². The Kier molecular flexibility index (Phi) is 3.44. The number of fused-ring (bicyclic) bond motifs is 1. The molecule has 4 nitrogen and oxygen atoms in total. The van der Waals surface area contributed by atoms with Gasteiger partial charge in [-0.2, -0.15) is 0 Å². The summed E-state index contributed by atoms with van der Waals surface area (Å²) < 4.78 is 5.44. The van der Waals surface area contributed by atoms with Crippen LogP contribution in [0.1, 0.15) is 19.4 Å². The van der Waals surface area contributed by atoms with Crippen molar-refractivity contribution in [3.63, 3.8) is 0 Å². The first-order chi connectivity index (χ1) is 9.70. The van der Waals surface area contributed by atoms with E-state index in [4.69, 9.17) is 4.74 Å². The number of amides is 1. The lowest BCUT2D eigenvalue weighted by atomic mass is 9.92. The Morgan fingerprint density at radius 3 is 2.75 bits per heavy atom. The minimum atomic E-state index is -0.331. The van der Waals surface area contributed by atoms with Crippen molar-refractivity contribution in [3.05, 3.63) is 34.7 Å². The molecule has 3 rings (SSSR count). The van der Waals surface area contributed by atoms with Gasteiger partial charge >= 0.3 is 0 Å². The van der Waals surface area contributed by atoms with Crippen LogP contribution in [0.4, 0.5) is 0 Å². The van der Waals surface area contributed by atoms with Crippen LogP contribution < -0.4 is 4.74 Å². The van der Waals surface area contributed by atoms with E-state index < -0.39 is 0 Å². The molecule has 1 aromatic carbocycles. The smallest absolute Gasteiger partial charge is 0.261 e. The molecule has 0 saturated heterocycles. The first kappa shape index (κ1) is 13.1. The van der Waals surface area contributed by atoms with Crippen LogP contribution in [0.25, 0.3) is 5.57 Å². The van der Waals surface area contributed by atoms with Crippen LogP contribution >= 0.6 is 11.8 Å². The van der Waals surface area contributed by atoms with E-state index in [2.05, 4.69) is 9.98 Å². The fourth-order valence-electron chi connectivity index (χ4n) is 2.41. The molecule has 2 aliphatic heterocycles. The lowest BCUT2D eigenvalue weighted by molar-refractivity contribution is -0.118. The van der Waals surface area contributed by atoms with E-state index in [1.165, 1.54) is 6.34 Å². The van der Waals surface area contributed by atoms with Crippen LogP contribution in [0, 0.1) is 5.92 Å². The summed E-state index contributed by atoms with van der Waals surface area (Å²) in [6.45, 7) is 4.61. The summed E-state index contributed by atoms with van der Waals surface area (Å²) >= 11 is 1.56. The summed E-state index contributed by atoms with van der Waals surface area (Å²) in [5.74, 6) is 0.369. The molecule has 0 radical (unpaired) electrons. The van der Waals surface area contributed by atoms with Crippen LogP contribution in [-0.4, -0.2) is 23.9 Å². The Balaban J connectivity index is 1.96. The van der Waals surface area contributed by atoms with Gasteiger partial charge in [-0.05, 0) is 42.0 Å². The summed E-state index contributed by atoms with van der Waals surface area (Å²) in [5.41, 5.74) is 2.04. The molecule has 0 fully saturated rings. The molecule has 2 aliphatic rings. The van der Waals surface area contributed by atoms with E-state index in [0.29, 0.717) is 6.61 Å². The maximum Gasteiger partial charge on any atom is 0.261 e. The Labute approximate surface area is 121 Å². The largest absolute Gasteiger partial charge is 0.494 e. The van der Waals surface area contributed by atoms with Crippen LogP contribution in [0.3, 0.4) is 0 Å². The highest BCUT2D eigenvalue weighted by molar-refractivity contribution is 8.18. The van der Waals surface area contributed by atoms with Crippen LogP contribution in [0.2, 0.25) is 0 Å². The Morgan fingerprint density at radius 1 is 1.30 bits per heavy atom. The predicted molar refractivity (Wildman–Crippen MR) is 82.2 cm³/mol. The maximum atomic E-state index is 12.0. The van der Waals surface area contributed by atoms with Gasteiger partial charge in [-0.15, -0.1) is 0 Å². The van der Waals surface area contributed by atoms with E-state index >= 15 is 0 Å². The van der Waals surface area contributed by atoms with E-state index in [0.717, 1.165) is 26.8 Å². The number of carbonyl (C=O) groups is 1. The molecule has 0 N–H and O–H groups in total. The molecule has 0 aromatic heterocycles. The van der Waals surface area contributed by atoms with Crippen molar-refractivity contribution in [1.29, 1.82) is 0 Å². The number of hydrogen-bond donors (Lipinski definition) is 0. The monoisotopic (exact) mass is 286 g/mol. The molecule has 20 heavy (non-hydrogen) atoms. The zero-order valence-electron chi connectivity index (χ0n) is 11.3. The van der Waals surface area contributed by atoms with Gasteiger partial charge in [0.1, 0.15) is 18.0 Å². The highest BCUT2D eigenvalue weighted by Gasteiger charge is 2.37. The quantitative estimate of drug-likeness (QED) is 0.857. The van der Waals surface area contributed by atoms with E-state index in [1.54, 1.807) is 11.8 Å². The summed E-state index contributed by atoms with van der Waals surface area (Å²) in [6, 6.07) is 7.82. The zero-order chi connectivity index (χ0) is 14.1. The number of hydrogen-bond acceptors (Lipinski definition) is 4. The third-order valence-corrected chi connectivity index (χ3v) is 4.34. The first-order valence-electron chi connectivity index (χ1n) is 6.46. The lowest BCUT2D eigenvalue weighted by Gasteiger charge is -2.14. The van der Waals surface area contributed by atoms with Crippen molar-refractivity contribution >= 4 is 34.6 Å². The summed E-state index contributed by atoms with van der Waals surface area (Å²) in [4.78, 5) is 21.2. The number of benzene rings is 1. The van der Waals surface area contributed by atoms with Crippen molar-refractivity contribution in [2.75, 3.05) is 6.61 Å². The highest BCUT2D eigenvalue weighted by atomic mass is 32.2. The molecule has 102 valence electrons. The number of rotatable bonds is 3. The Morgan fingerprint density at radius 2 is 2.05 bits per heavy atom. The third kappa shape index (κ3) is 2.18. The third-order valence-electron chi connectivity index (χ3n) is 3.27. The van der Waals surface area contributed by atoms with Crippen LogP contribution in [-0.2, 0) is 4.79 Å². The van der Waals surface area contributed by atoms with Gasteiger partial charge in [-0.3, -0.25) is 4.79 Å². The molecule has 2 heterocycles. The average molecular weight is 286 g/mol. The topological polar surface area (TPSA) is 51.0 Å². The van der Waals surface area contributed by atoms with Gasteiger partial charge in [0.05, 0.1) is 11.7 Å². The number of allylic oxidation sites excluding steroid dienone is 1. The van der Waals surface area contributed by atoms with Gasteiger partial charge in [0, 0.05) is 0 Å².